The first-order valence-electron chi connectivity index (χ1n) is 6.55. The maximum Gasteiger partial charge on any atom is 0.263 e. The molecule has 0 spiro atoms. The van der Waals surface area contributed by atoms with Gasteiger partial charge >= 0.3 is 0 Å². The molecule has 2 N–H and O–H groups in total. The molecule has 1 saturated heterocycles. The molecule has 0 bridgehead atoms. The quantitative estimate of drug-likeness (QED) is 0.902. The molecule has 1 aliphatic rings. The lowest BCUT2D eigenvalue weighted by Crippen LogP contribution is -2.38. The van der Waals surface area contributed by atoms with Gasteiger partial charge in [0.25, 0.3) is 5.91 Å². The Labute approximate surface area is 112 Å². The van der Waals surface area contributed by atoms with Crippen LogP contribution in [0.3, 0.4) is 0 Å². The minimum absolute atomic E-state index is 0.0835. The fourth-order valence-corrected chi connectivity index (χ4v) is 2.20. The summed E-state index contributed by atoms with van der Waals surface area (Å²) in [5.74, 6) is -0.471. The fourth-order valence-electron chi connectivity index (χ4n) is 2.20. The molecule has 1 aliphatic heterocycles. The second-order valence-electron chi connectivity index (χ2n) is 4.76. The van der Waals surface area contributed by atoms with Gasteiger partial charge in [-0.25, -0.2) is 4.39 Å². The first kappa shape index (κ1) is 13.8. The van der Waals surface area contributed by atoms with E-state index in [4.69, 9.17) is 10.5 Å². The van der Waals surface area contributed by atoms with Crippen LogP contribution < -0.4 is 10.5 Å². The summed E-state index contributed by atoms with van der Waals surface area (Å²) in [7, 11) is 0. The van der Waals surface area contributed by atoms with Crippen molar-refractivity contribution in [2.24, 2.45) is 5.73 Å². The summed E-state index contributed by atoms with van der Waals surface area (Å²) < 4.78 is 19.1. The Morgan fingerprint density at radius 3 is 2.74 bits per heavy atom. The number of amides is 1. The zero-order chi connectivity index (χ0) is 13.8. The Balaban J connectivity index is 2.01. The monoisotopic (exact) mass is 266 g/mol. The lowest BCUT2D eigenvalue weighted by Gasteiger charge is -2.21. The third-order valence-electron chi connectivity index (χ3n) is 3.30. The third-order valence-corrected chi connectivity index (χ3v) is 3.30. The van der Waals surface area contributed by atoms with Gasteiger partial charge < -0.3 is 15.4 Å². The predicted octanol–water partition coefficient (Wildman–Crippen LogP) is 1.67. The average Bonchev–Trinajstić information content (AvgIpc) is 2.94. The highest BCUT2D eigenvalue weighted by atomic mass is 19.1. The predicted molar refractivity (Wildman–Crippen MR) is 70.2 cm³/mol. The van der Waals surface area contributed by atoms with Crippen molar-refractivity contribution in [3.63, 3.8) is 0 Å². The summed E-state index contributed by atoms with van der Waals surface area (Å²) in [5.41, 5.74) is 6.13. The van der Waals surface area contributed by atoms with Gasteiger partial charge in [0, 0.05) is 19.6 Å². The third kappa shape index (κ3) is 3.23. The molecule has 1 unspecified atom stereocenters. The number of hydrogen-bond acceptors (Lipinski definition) is 3. The number of benzene rings is 1. The first-order chi connectivity index (χ1) is 9.11. The van der Waals surface area contributed by atoms with E-state index in [0.717, 1.165) is 25.9 Å². The van der Waals surface area contributed by atoms with Crippen molar-refractivity contribution in [2.45, 2.75) is 32.4 Å². The molecule has 4 nitrogen and oxygen atoms in total. The van der Waals surface area contributed by atoms with Gasteiger partial charge in [-0.05, 0) is 37.5 Å². The standard InChI is InChI=1S/C14H19FN2O2/c1-10(14(18)17-6-2-3-7-17)19-13-5-4-11(9-16)8-12(13)15/h4-5,8,10H,2-3,6-7,9,16H2,1H3. The van der Waals surface area contributed by atoms with Crippen LogP contribution in [0.1, 0.15) is 25.3 Å². The lowest BCUT2D eigenvalue weighted by atomic mass is 10.2. The smallest absolute Gasteiger partial charge is 0.263 e. The molecule has 1 aromatic rings. The summed E-state index contributed by atoms with van der Waals surface area (Å²) in [6.07, 6.45) is 1.38. The molecule has 1 atom stereocenters. The molecule has 5 heteroatoms. The minimum atomic E-state index is -0.670. The second kappa shape index (κ2) is 6.02. The Kier molecular flexibility index (Phi) is 4.37. The van der Waals surface area contributed by atoms with E-state index in [1.54, 1.807) is 17.9 Å². The molecule has 1 fully saturated rings. The fraction of sp³-hybridized carbons (Fsp3) is 0.500. The zero-order valence-electron chi connectivity index (χ0n) is 11.1. The Morgan fingerprint density at radius 2 is 2.16 bits per heavy atom. The van der Waals surface area contributed by atoms with E-state index in [9.17, 15) is 9.18 Å². The molecule has 0 aromatic heterocycles. The SMILES string of the molecule is CC(Oc1ccc(CN)cc1F)C(=O)N1CCCC1. The molecule has 1 heterocycles. The van der Waals surface area contributed by atoms with E-state index in [2.05, 4.69) is 0 Å². The summed E-state index contributed by atoms with van der Waals surface area (Å²) in [5, 5.41) is 0. The summed E-state index contributed by atoms with van der Waals surface area (Å²) in [4.78, 5) is 13.8. The van der Waals surface area contributed by atoms with Gasteiger partial charge in [0.2, 0.25) is 0 Å². The van der Waals surface area contributed by atoms with E-state index in [1.165, 1.54) is 12.1 Å². The number of nitrogens with zero attached hydrogens (tertiary/aromatic N) is 1. The molecular weight excluding hydrogens is 247 g/mol. The zero-order valence-corrected chi connectivity index (χ0v) is 11.1. The molecule has 0 saturated carbocycles. The number of ether oxygens (including phenoxy) is 1. The van der Waals surface area contributed by atoms with Crippen LogP contribution in [0.15, 0.2) is 18.2 Å². The van der Waals surface area contributed by atoms with Gasteiger partial charge in [-0.15, -0.1) is 0 Å². The Hall–Kier alpha value is -1.62. The largest absolute Gasteiger partial charge is 0.478 e. The minimum Gasteiger partial charge on any atom is -0.478 e. The van der Waals surface area contributed by atoms with Gasteiger partial charge in [0.1, 0.15) is 0 Å². The van der Waals surface area contributed by atoms with E-state index >= 15 is 0 Å². The maximum absolute atomic E-state index is 13.7. The normalized spacial score (nSPS) is 16.5. The summed E-state index contributed by atoms with van der Waals surface area (Å²) in [6.45, 7) is 3.46. The number of hydrogen-bond donors (Lipinski definition) is 1. The molecule has 19 heavy (non-hydrogen) atoms. The van der Waals surface area contributed by atoms with Crippen LogP contribution in [0.25, 0.3) is 0 Å². The topological polar surface area (TPSA) is 55.6 Å². The van der Waals surface area contributed by atoms with Crippen molar-refractivity contribution >= 4 is 5.91 Å². The van der Waals surface area contributed by atoms with Gasteiger partial charge in [-0.3, -0.25) is 4.79 Å². The van der Waals surface area contributed by atoms with Crippen molar-refractivity contribution in [3.8, 4) is 5.75 Å². The first-order valence-corrected chi connectivity index (χ1v) is 6.55. The van der Waals surface area contributed by atoms with Crippen molar-refractivity contribution in [2.75, 3.05) is 13.1 Å². The average molecular weight is 266 g/mol. The highest BCUT2D eigenvalue weighted by Crippen LogP contribution is 2.20. The molecule has 0 aliphatic carbocycles. The number of halogens is 1. The number of likely N-dealkylation sites (tertiary alicyclic amines) is 1. The van der Waals surface area contributed by atoms with Crippen LogP contribution in [0.4, 0.5) is 4.39 Å². The van der Waals surface area contributed by atoms with Crippen molar-refractivity contribution in [1.82, 2.24) is 4.90 Å². The van der Waals surface area contributed by atoms with Crippen molar-refractivity contribution in [3.05, 3.63) is 29.6 Å². The van der Waals surface area contributed by atoms with E-state index < -0.39 is 11.9 Å². The highest BCUT2D eigenvalue weighted by molar-refractivity contribution is 5.81. The number of nitrogens with two attached hydrogens (primary N) is 1. The molecular formula is C14H19FN2O2. The lowest BCUT2D eigenvalue weighted by molar-refractivity contribution is -0.136. The number of carbonyl (C=O) groups excluding carboxylic acids is 1. The number of rotatable bonds is 4. The van der Waals surface area contributed by atoms with E-state index in [0.29, 0.717) is 5.56 Å². The summed E-state index contributed by atoms with van der Waals surface area (Å²) >= 11 is 0. The Bertz CT molecular complexity index is 459. The Morgan fingerprint density at radius 1 is 1.47 bits per heavy atom. The molecule has 1 amide bonds. The van der Waals surface area contributed by atoms with Crippen LogP contribution in [0, 0.1) is 5.82 Å². The molecule has 2 rings (SSSR count). The van der Waals surface area contributed by atoms with Crippen molar-refractivity contribution in [1.29, 1.82) is 0 Å². The van der Waals surface area contributed by atoms with Crippen LogP contribution >= 0.6 is 0 Å². The van der Waals surface area contributed by atoms with Gasteiger partial charge in [-0.1, -0.05) is 6.07 Å². The van der Waals surface area contributed by atoms with Crippen LogP contribution in [0.5, 0.6) is 5.75 Å². The van der Waals surface area contributed by atoms with Gasteiger partial charge in [-0.2, -0.15) is 0 Å². The second-order valence-corrected chi connectivity index (χ2v) is 4.76. The van der Waals surface area contributed by atoms with E-state index in [1.807, 2.05) is 0 Å². The molecule has 104 valence electrons. The van der Waals surface area contributed by atoms with Crippen molar-refractivity contribution < 1.29 is 13.9 Å². The van der Waals surface area contributed by atoms with Crippen LogP contribution in [-0.4, -0.2) is 30.0 Å². The van der Waals surface area contributed by atoms with E-state index in [-0.39, 0.29) is 18.2 Å². The van der Waals surface area contributed by atoms with Gasteiger partial charge in [0.15, 0.2) is 17.7 Å². The van der Waals surface area contributed by atoms with Crippen LogP contribution in [-0.2, 0) is 11.3 Å². The summed E-state index contributed by atoms with van der Waals surface area (Å²) in [6, 6.07) is 4.55. The maximum atomic E-state index is 13.7. The molecule has 0 radical (unpaired) electrons. The molecule has 1 aromatic carbocycles. The highest BCUT2D eigenvalue weighted by Gasteiger charge is 2.25. The number of carbonyl (C=O) groups is 1. The van der Waals surface area contributed by atoms with Gasteiger partial charge in [0.05, 0.1) is 0 Å². The van der Waals surface area contributed by atoms with Crippen LogP contribution in [0.2, 0.25) is 0 Å².